The molecule has 1 heteroatoms. The highest BCUT2D eigenvalue weighted by Gasteiger charge is 2.08. The van der Waals surface area contributed by atoms with E-state index in [1.807, 2.05) is 38.1 Å². The molecule has 0 saturated heterocycles. The Morgan fingerprint density at radius 3 is 2.37 bits per heavy atom. The second-order valence-electron chi connectivity index (χ2n) is 3.92. The molecular weight excluding hydrogens is 232 g/mol. The molecule has 2 aromatic carbocycles. The fourth-order valence-electron chi connectivity index (χ4n) is 2.17. The minimum atomic E-state index is 0.587. The SMILES string of the molecule is C=Cc1cc2ccccc2c(COC)c1C=C.CC. The summed E-state index contributed by atoms with van der Waals surface area (Å²) >= 11 is 0. The number of ether oxygens (including phenoxy) is 1. The lowest BCUT2D eigenvalue weighted by molar-refractivity contribution is 0.186. The molecule has 0 unspecified atom stereocenters. The van der Waals surface area contributed by atoms with Gasteiger partial charge in [-0.1, -0.05) is 63.4 Å². The molecule has 2 rings (SSSR count). The van der Waals surface area contributed by atoms with Gasteiger partial charge in [0.25, 0.3) is 0 Å². The molecule has 100 valence electrons. The molecule has 0 aromatic heterocycles. The van der Waals surface area contributed by atoms with Gasteiger partial charge in [0.15, 0.2) is 0 Å². The van der Waals surface area contributed by atoms with Crippen molar-refractivity contribution >= 4 is 22.9 Å². The predicted molar refractivity (Wildman–Crippen MR) is 86.2 cm³/mol. The van der Waals surface area contributed by atoms with Crippen molar-refractivity contribution in [1.29, 1.82) is 0 Å². The van der Waals surface area contributed by atoms with E-state index in [2.05, 4.69) is 31.4 Å². The van der Waals surface area contributed by atoms with Gasteiger partial charge in [0.2, 0.25) is 0 Å². The summed E-state index contributed by atoms with van der Waals surface area (Å²) in [6.45, 7) is 12.3. The topological polar surface area (TPSA) is 9.23 Å². The Labute approximate surface area is 116 Å². The van der Waals surface area contributed by atoms with Gasteiger partial charge < -0.3 is 4.74 Å². The number of hydrogen-bond acceptors (Lipinski definition) is 1. The molecule has 0 aliphatic heterocycles. The van der Waals surface area contributed by atoms with Gasteiger partial charge in [-0.25, -0.2) is 0 Å². The Morgan fingerprint density at radius 1 is 1.11 bits per heavy atom. The van der Waals surface area contributed by atoms with Crippen LogP contribution >= 0.6 is 0 Å². The van der Waals surface area contributed by atoms with Crippen LogP contribution < -0.4 is 0 Å². The number of methoxy groups -OCH3 is 1. The van der Waals surface area contributed by atoms with Gasteiger partial charge in [-0.05, 0) is 33.5 Å². The van der Waals surface area contributed by atoms with Gasteiger partial charge in [0.05, 0.1) is 6.61 Å². The van der Waals surface area contributed by atoms with Gasteiger partial charge in [-0.2, -0.15) is 0 Å². The van der Waals surface area contributed by atoms with E-state index in [-0.39, 0.29) is 0 Å². The Kier molecular flexibility index (Phi) is 6.04. The fourth-order valence-corrected chi connectivity index (χ4v) is 2.17. The summed E-state index contributed by atoms with van der Waals surface area (Å²) in [5.41, 5.74) is 3.39. The van der Waals surface area contributed by atoms with Crippen molar-refractivity contribution in [3.8, 4) is 0 Å². The van der Waals surface area contributed by atoms with Crippen LogP contribution in [0.2, 0.25) is 0 Å². The summed E-state index contributed by atoms with van der Waals surface area (Å²) in [7, 11) is 1.71. The third-order valence-corrected chi connectivity index (χ3v) is 2.95. The summed E-state index contributed by atoms with van der Waals surface area (Å²) in [5.74, 6) is 0. The summed E-state index contributed by atoms with van der Waals surface area (Å²) in [6, 6.07) is 10.4. The van der Waals surface area contributed by atoms with Gasteiger partial charge in [-0.15, -0.1) is 0 Å². The fraction of sp³-hybridized carbons (Fsp3) is 0.222. The van der Waals surface area contributed by atoms with E-state index < -0.39 is 0 Å². The molecule has 0 bridgehead atoms. The molecule has 0 heterocycles. The second-order valence-corrected chi connectivity index (χ2v) is 3.92. The Balaban J connectivity index is 0.000000861. The normalized spacial score (nSPS) is 9.63. The minimum absolute atomic E-state index is 0.587. The standard InChI is InChI=1S/C16H16O.C2H6/c1-4-12-10-13-8-6-7-9-15(13)16(11-17-3)14(12)5-2;1-2/h4-10H,1-2,11H2,3H3;1-2H3. The van der Waals surface area contributed by atoms with Crippen molar-refractivity contribution in [3.63, 3.8) is 0 Å². The van der Waals surface area contributed by atoms with Gasteiger partial charge in [0, 0.05) is 7.11 Å². The van der Waals surface area contributed by atoms with Crippen LogP contribution in [0.25, 0.3) is 22.9 Å². The van der Waals surface area contributed by atoms with Crippen LogP contribution in [-0.4, -0.2) is 7.11 Å². The zero-order valence-corrected chi connectivity index (χ0v) is 12.1. The first-order chi connectivity index (χ1) is 9.31. The van der Waals surface area contributed by atoms with Crippen molar-refractivity contribution in [1.82, 2.24) is 0 Å². The molecule has 0 atom stereocenters. The maximum atomic E-state index is 5.30. The van der Waals surface area contributed by atoms with Gasteiger partial charge in [-0.3, -0.25) is 0 Å². The van der Waals surface area contributed by atoms with E-state index in [1.165, 1.54) is 16.3 Å². The van der Waals surface area contributed by atoms with Gasteiger partial charge >= 0.3 is 0 Å². The Hall–Kier alpha value is -1.86. The third kappa shape index (κ3) is 3.12. The van der Waals surface area contributed by atoms with E-state index in [4.69, 9.17) is 4.74 Å². The number of rotatable bonds is 4. The van der Waals surface area contributed by atoms with Crippen LogP contribution in [-0.2, 0) is 11.3 Å². The lowest BCUT2D eigenvalue weighted by atomic mass is 9.94. The summed E-state index contributed by atoms with van der Waals surface area (Å²) in [5, 5.41) is 2.43. The summed E-state index contributed by atoms with van der Waals surface area (Å²) in [6.07, 6.45) is 3.74. The number of benzene rings is 2. The van der Waals surface area contributed by atoms with Crippen molar-refractivity contribution < 1.29 is 4.74 Å². The number of fused-ring (bicyclic) bond motifs is 1. The van der Waals surface area contributed by atoms with Crippen molar-refractivity contribution in [2.75, 3.05) is 7.11 Å². The maximum absolute atomic E-state index is 5.30. The molecule has 0 spiro atoms. The first kappa shape index (κ1) is 15.2. The molecule has 2 aromatic rings. The second kappa shape index (κ2) is 7.55. The van der Waals surface area contributed by atoms with Crippen molar-refractivity contribution in [3.05, 3.63) is 60.2 Å². The first-order valence-corrected chi connectivity index (χ1v) is 6.60. The Bertz CT molecular complexity index is 567. The van der Waals surface area contributed by atoms with Crippen LogP contribution in [0, 0.1) is 0 Å². The minimum Gasteiger partial charge on any atom is -0.380 e. The van der Waals surface area contributed by atoms with E-state index in [1.54, 1.807) is 7.11 Å². The molecule has 0 saturated carbocycles. The summed E-state index contributed by atoms with van der Waals surface area (Å²) < 4.78 is 5.30. The van der Waals surface area contributed by atoms with Crippen LogP contribution in [0.3, 0.4) is 0 Å². The van der Waals surface area contributed by atoms with Gasteiger partial charge in [0.1, 0.15) is 0 Å². The lowest BCUT2D eigenvalue weighted by Gasteiger charge is -2.13. The third-order valence-electron chi connectivity index (χ3n) is 2.95. The van der Waals surface area contributed by atoms with Crippen LogP contribution in [0.1, 0.15) is 30.5 Å². The number of hydrogen-bond donors (Lipinski definition) is 0. The molecular formula is C18H22O. The molecule has 0 radical (unpaired) electrons. The largest absolute Gasteiger partial charge is 0.380 e. The van der Waals surface area contributed by atoms with E-state index in [0.29, 0.717) is 6.61 Å². The van der Waals surface area contributed by atoms with E-state index in [0.717, 1.165) is 11.1 Å². The monoisotopic (exact) mass is 254 g/mol. The Morgan fingerprint density at radius 2 is 1.79 bits per heavy atom. The zero-order chi connectivity index (χ0) is 14.3. The highest BCUT2D eigenvalue weighted by atomic mass is 16.5. The molecule has 1 nitrogen and oxygen atoms in total. The molecule has 0 N–H and O–H groups in total. The van der Waals surface area contributed by atoms with Crippen LogP contribution in [0.4, 0.5) is 0 Å². The highest BCUT2D eigenvalue weighted by molar-refractivity contribution is 5.92. The molecule has 19 heavy (non-hydrogen) atoms. The van der Waals surface area contributed by atoms with Crippen LogP contribution in [0.15, 0.2) is 43.5 Å². The van der Waals surface area contributed by atoms with Crippen molar-refractivity contribution in [2.24, 2.45) is 0 Å². The maximum Gasteiger partial charge on any atom is 0.0725 e. The highest BCUT2D eigenvalue weighted by Crippen LogP contribution is 2.28. The van der Waals surface area contributed by atoms with Crippen molar-refractivity contribution in [2.45, 2.75) is 20.5 Å². The average molecular weight is 254 g/mol. The predicted octanol–water partition coefficient (Wildman–Crippen LogP) is 5.30. The first-order valence-electron chi connectivity index (χ1n) is 6.60. The average Bonchev–Trinajstić information content (AvgIpc) is 2.49. The van der Waals surface area contributed by atoms with E-state index in [9.17, 15) is 0 Å². The zero-order valence-electron chi connectivity index (χ0n) is 12.1. The summed E-state index contributed by atoms with van der Waals surface area (Å²) in [4.78, 5) is 0. The van der Waals surface area contributed by atoms with E-state index >= 15 is 0 Å². The quantitative estimate of drug-likeness (QED) is 0.719. The molecule has 0 fully saturated rings. The molecule has 0 amide bonds. The molecule has 0 aliphatic rings. The lowest BCUT2D eigenvalue weighted by Crippen LogP contribution is -1.96. The van der Waals surface area contributed by atoms with Crippen LogP contribution in [0.5, 0.6) is 0 Å². The molecule has 0 aliphatic carbocycles. The smallest absolute Gasteiger partial charge is 0.0725 e.